The van der Waals surface area contributed by atoms with Gasteiger partial charge in [0, 0.05) is 18.0 Å². The predicted octanol–water partition coefficient (Wildman–Crippen LogP) is 1.45. The number of aryl methyl sites for hydroxylation is 1. The Morgan fingerprint density at radius 1 is 1.69 bits per heavy atom. The standard InChI is InChI=1S/C10H17N3OS2/c1-7(5-14-3)13-10(15)11-4-9-8(2)12-6-16-9/h6-7H,4-5H2,1-3H3,(H2,11,13,15). The predicted molar refractivity (Wildman–Crippen MR) is 70.8 cm³/mol. The van der Waals surface area contributed by atoms with Crippen molar-refractivity contribution in [3.8, 4) is 0 Å². The molecule has 0 aliphatic rings. The van der Waals surface area contributed by atoms with Crippen LogP contribution in [0.1, 0.15) is 17.5 Å². The molecule has 0 aliphatic carbocycles. The van der Waals surface area contributed by atoms with Crippen molar-refractivity contribution in [2.75, 3.05) is 13.7 Å². The van der Waals surface area contributed by atoms with Gasteiger partial charge in [0.15, 0.2) is 5.11 Å². The Hall–Kier alpha value is -0.720. The van der Waals surface area contributed by atoms with Gasteiger partial charge in [-0.1, -0.05) is 0 Å². The molecule has 0 amide bonds. The maximum Gasteiger partial charge on any atom is 0.166 e. The fourth-order valence-electron chi connectivity index (χ4n) is 1.22. The normalized spacial score (nSPS) is 12.2. The first-order valence-electron chi connectivity index (χ1n) is 5.05. The lowest BCUT2D eigenvalue weighted by molar-refractivity contribution is 0.179. The van der Waals surface area contributed by atoms with E-state index in [0.29, 0.717) is 11.7 Å². The van der Waals surface area contributed by atoms with Gasteiger partial charge in [-0.3, -0.25) is 0 Å². The number of ether oxygens (including phenoxy) is 1. The number of aromatic nitrogens is 1. The monoisotopic (exact) mass is 259 g/mol. The van der Waals surface area contributed by atoms with Crippen LogP contribution in [-0.2, 0) is 11.3 Å². The first-order valence-corrected chi connectivity index (χ1v) is 6.34. The van der Waals surface area contributed by atoms with Crippen LogP contribution < -0.4 is 10.6 Å². The molecule has 0 saturated heterocycles. The number of hydrogen-bond acceptors (Lipinski definition) is 4. The van der Waals surface area contributed by atoms with Crippen LogP contribution >= 0.6 is 23.6 Å². The molecule has 1 heterocycles. The summed E-state index contributed by atoms with van der Waals surface area (Å²) >= 11 is 6.80. The van der Waals surface area contributed by atoms with Gasteiger partial charge in [-0.2, -0.15) is 0 Å². The zero-order valence-corrected chi connectivity index (χ0v) is 11.4. The third-order valence-corrected chi connectivity index (χ3v) is 3.25. The zero-order valence-electron chi connectivity index (χ0n) is 9.74. The van der Waals surface area contributed by atoms with Crippen molar-refractivity contribution in [1.82, 2.24) is 15.6 Å². The highest BCUT2D eigenvalue weighted by Gasteiger charge is 2.05. The Bertz CT molecular complexity index is 341. The molecule has 0 radical (unpaired) electrons. The molecule has 0 fully saturated rings. The minimum absolute atomic E-state index is 0.215. The summed E-state index contributed by atoms with van der Waals surface area (Å²) in [6, 6.07) is 0.215. The average Bonchev–Trinajstić information content (AvgIpc) is 2.61. The molecule has 0 aliphatic heterocycles. The van der Waals surface area contributed by atoms with Gasteiger partial charge in [0.2, 0.25) is 0 Å². The van der Waals surface area contributed by atoms with E-state index < -0.39 is 0 Å². The quantitative estimate of drug-likeness (QED) is 0.784. The lowest BCUT2D eigenvalue weighted by atomic mass is 10.4. The molecule has 90 valence electrons. The smallest absolute Gasteiger partial charge is 0.166 e. The SMILES string of the molecule is COCC(C)NC(=S)NCc1scnc1C. The van der Waals surface area contributed by atoms with Crippen LogP contribution in [0.4, 0.5) is 0 Å². The number of nitrogens with one attached hydrogen (secondary N) is 2. The first-order chi connectivity index (χ1) is 7.63. The lowest BCUT2D eigenvalue weighted by Crippen LogP contribution is -2.42. The van der Waals surface area contributed by atoms with Crippen molar-refractivity contribution in [1.29, 1.82) is 0 Å². The molecule has 0 saturated carbocycles. The van der Waals surface area contributed by atoms with Crippen LogP contribution in [0.5, 0.6) is 0 Å². The molecule has 1 rings (SSSR count). The summed E-state index contributed by atoms with van der Waals surface area (Å²) in [6.07, 6.45) is 0. The molecule has 4 nitrogen and oxygen atoms in total. The number of methoxy groups -OCH3 is 1. The lowest BCUT2D eigenvalue weighted by Gasteiger charge is -2.15. The van der Waals surface area contributed by atoms with Crippen molar-refractivity contribution in [3.63, 3.8) is 0 Å². The number of nitrogens with zero attached hydrogens (tertiary/aromatic N) is 1. The van der Waals surface area contributed by atoms with Crippen LogP contribution in [0.2, 0.25) is 0 Å². The van der Waals surface area contributed by atoms with E-state index in [1.165, 1.54) is 4.88 Å². The van der Waals surface area contributed by atoms with Crippen LogP contribution in [0.25, 0.3) is 0 Å². The molecule has 1 aromatic heterocycles. The second-order valence-corrected chi connectivity index (χ2v) is 4.89. The van der Waals surface area contributed by atoms with Gasteiger partial charge in [-0.25, -0.2) is 4.98 Å². The first kappa shape index (κ1) is 13.3. The Morgan fingerprint density at radius 3 is 3.00 bits per heavy atom. The molecule has 1 aromatic rings. The van der Waals surface area contributed by atoms with E-state index >= 15 is 0 Å². The van der Waals surface area contributed by atoms with Crippen molar-refractivity contribution < 1.29 is 4.74 Å². The zero-order chi connectivity index (χ0) is 12.0. The summed E-state index contributed by atoms with van der Waals surface area (Å²) in [6.45, 7) is 5.39. The molecule has 6 heteroatoms. The third kappa shape index (κ3) is 4.42. The second kappa shape index (κ2) is 6.78. The summed E-state index contributed by atoms with van der Waals surface area (Å²) < 4.78 is 5.02. The fourth-order valence-corrected chi connectivity index (χ4v) is 2.21. The van der Waals surface area contributed by atoms with Crippen molar-refractivity contribution in [2.24, 2.45) is 0 Å². The topological polar surface area (TPSA) is 46.2 Å². The molecule has 1 atom stereocenters. The minimum atomic E-state index is 0.215. The number of hydrogen-bond donors (Lipinski definition) is 2. The second-order valence-electron chi connectivity index (χ2n) is 3.54. The number of rotatable bonds is 5. The minimum Gasteiger partial charge on any atom is -0.383 e. The van der Waals surface area contributed by atoms with E-state index in [1.54, 1.807) is 18.4 Å². The molecule has 2 N–H and O–H groups in total. The Balaban J connectivity index is 2.28. The van der Waals surface area contributed by atoms with Gasteiger partial charge in [0.05, 0.1) is 24.4 Å². The highest BCUT2D eigenvalue weighted by Crippen LogP contribution is 2.10. The van der Waals surface area contributed by atoms with E-state index in [4.69, 9.17) is 17.0 Å². The highest BCUT2D eigenvalue weighted by atomic mass is 32.1. The summed E-state index contributed by atoms with van der Waals surface area (Å²) in [5.41, 5.74) is 2.90. The molecular weight excluding hydrogens is 242 g/mol. The average molecular weight is 259 g/mol. The van der Waals surface area contributed by atoms with Crippen molar-refractivity contribution in [3.05, 3.63) is 16.1 Å². The number of thiazole rings is 1. The summed E-state index contributed by atoms with van der Waals surface area (Å²) in [4.78, 5) is 5.39. The van der Waals surface area contributed by atoms with Gasteiger partial charge in [0.25, 0.3) is 0 Å². The van der Waals surface area contributed by atoms with Gasteiger partial charge in [0.1, 0.15) is 0 Å². The fraction of sp³-hybridized carbons (Fsp3) is 0.600. The van der Waals surface area contributed by atoms with Crippen molar-refractivity contribution >= 4 is 28.7 Å². The van der Waals surface area contributed by atoms with Gasteiger partial charge in [-0.15, -0.1) is 11.3 Å². The van der Waals surface area contributed by atoms with Crippen LogP contribution in [0.3, 0.4) is 0 Å². The third-order valence-electron chi connectivity index (χ3n) is 2.05. The molecule has 16 heavy (non-hydrogen) atoms. The summed E-state index contributed by atoms with van der Waals surface area (Å²) in [5, 5.41) is 6.94. The van der Waals surface area contributed by atoms with E-state index in [-0.39, 0.29) is 6.04 Å². The number of thiocarbonyl (C=S) groups is 1. The Morgan fingerprint density at radius 2 is 2.44 bits per heavy atom. The van der Waals surface area contributed by atoms with E-state index in [0.717, 1.165) is 12.2 Å². The summed E-state index contributed by atoms with van der Waals surface area (Å²) in [5.74, 6) is 0. The maximum absolute atomic E-state index is 5.17. The maximum atomic E-state index is 5.17. The Kier molecular flexibility index (Phi) is 5.65. The molecule has 1 unspecified atom stereocenters. The van der Waals surface area contributed by atoms with Gasteiger partial charge < -0.3 is 15.4 Å². The molecule has 0 aromatic carbocycles. The molecular formula is C10H17N3OS2. The highest BCUT2D eigenvalue weighted by molar-refractivity contribution is 7.80. The Labute approximate surface area is 105 Å². The van der Waals surface area contributed by atoms with Crippen LogP contribution in [-0.4, -0.2) is 29.9 Å². The van der Waals surface area contributed by atoms with Gasteiger partial charge in [-0.05, 0) is 26.1 Å². The largest absolute Gasteiger partial charge is 0.383 e. The van der Waals surface area contributed by atoms with E-state index in [9.17, 15) is 0 Å². The van der Waals surface area contributed by atoms with Crippen LogP contribution in [0.15, 0.2) is 5.51 Å². The van der Waals surface area contributed by atoms with E-state index in [2.05, 4.69) is 15.6 Å². The van der Waals surface area contributed by atoms with E-state index in [1.807, 2.05) is 19.4 Å². The van der Waals surface area contributed by atoms with Crippen LogP contribution in [0, 0.1) is 6.92 Å². The molecule has 0 bridgehead atoms. The summed E-state index contributed by atoms with van der Waals surface area (Å²) in [7, 11) is 1.68. The van der Waals surface area contributed by atoms with Crippen molar-refractivity contribution in [2.45, 2.75) is 26.4 Å². The molecule has 0 spiro atoms. The van der Waals surface area contributed by atoms with Gasteiger partial charge >= 0.3 is 0 Å².